The number of hydrogen-bond donors (Lipinski definition) is 1. The lowest BCUT2D eigenvalue weighted by atomic mass is 10.1. The van der Waals surface area contributed by atoms with Gasteiger partial charge >= 0.3 is 0 Å². The van der Waals surface area contributed by atoms with Gasteiger partial charge in [-0.25, -0.2) is 4.39 Å². The molecule has 1 N–H and O–H groups in total. The Balaban J connectivity index is 1.55. The summed E-state index contributed by atoms with van der Waals surface area (Å²) < 4.78 is 19.9. The number of nitrogens with one attached hydrogen (secondary N) is 1. The Morgan fingerprint density at radius 1 is 1.15 bits per heavy atom. The van der Waals surface area contributed by atoms with Gasteiger partial charge in [0, 0.05) is 19.2 Å². The molecule has 2 aromatic carbocycles. The van der Waals surface area contributed by atoms with Gasteiger partial charge in [0.1, 0.15) is 17.4 Å². The first-order valence-electron chi connectivity index (χ1n) is 8.24. The third-order valence-electron chi connectivity index (χ3n) is 3.91. The molecule has 140 valence electrons. The SMILES string of the molecule is COc1ccc(NC(=O)CSc2nnc(Cc3ccc(F)cc3)n2C)cc1. The van der Waals surface area contributed by atoms with E-state index in [1.54, 1.807) is 43.5 Å². The summed E-state index contributed by atoms with van der Waals surface area (Å²) in [6, 6.07) is 13.4. The second-order valence-corrected chi connectivity index (χ2v) is 6.77. The molecule has 0 fully saturated rings. The first kappa shape index (κ1) is 18.9. The Hall–Kier alpha value is -2.87. The molecular formula is C19H19FN4O2S. The topological polar surface area (TPSA) is 69.0 Å². The van der Waals surface area contributed by atoms with Crippen LogP contribution in [-0.2, 0) is 18.3 Å². The maximum atomic E-state index is 13.0. The monoisotopic (exact) mass is 386 g/mol. The summed E-state index contributed by atoms with van der Waals surface area (Å²) in [5.74, 6) is 1.30. The van der Waals surface area contributed by atoms with E-state index in [0.717, 1.165) is 17.1 Å². The fourth-order valence-electron chi connectivity index (χ4n) is 2.41. The number of benzene rings is 2. The van der Waals surface area contributed by atoms with Crippen molar-refractivity contribution in [2.75, 3.05) is 18.2 Å². The molecule has 6 nitrogen and oxygen atoms in total. The average molecular weight is 386 g/mol. The number of halogens is 1. The van der Waals surface area contributed by atoms with Gasteiger partial charge in [0.2, 0.25) is 5.91 Å². The van der Waals surface area contributed by atoms with Crippen LogP contribution in [0.3, 0.4) is 0 Å². The molecule has 1 heterocycles. The van der Waals surface area contributed by atoms with Gasteiger partial charge in [0.15, 0.2) is 5.16 Å². The third-order valence-corrected chi connectivity index (χ3v) is 4.93. The Labute approximate surface area is 160 Å². The van der Waals surface area contributed by atoms with E-state index < -0.39 is 0 Å². The molecular weight excluding hydrogens is 367 g/mol. The predicted octanol–water partition coefficient (Wildman–Crippen LogP) is 3.28. The second-order valence-electron chi connectivity index (χ2n) is 5.83. The van der Waals surface area contributed by atoms with Crippen molar-refractivity contribution in [3.63, 3.8) is 0 Å². The smallest absolute Gasteiger partial charge is 0.234 e. The van der Waals surface area contributed by atoms with E-state index in [4.69, 9.17) is 4.74 Å². The van der Waals surface area contributed by atoms with Crippen molar-refractivity contribution in [3.05, 3.63) is 65.7 Å². The highest BCUT2D eigenvalue weighted by molar-refractivity contribution is 7.99. The van der Waals surface area contributed by atoms with Gasteiger partial charge in [-0.05, 0) is 42.0 Å². The van der Waals surface area contributed by atoms with Crippen LogP contribution >= 0.6 is 11.8 Å². The fourth-order valence-corrected chi connectivity index (χ4v) is 3.14. The summed E-state index contributed by atoms with van der Waals surface area (Å²) >= 11 is 1.31. The zero-order chi connectivity index (χ0) is 19.2. The molecule has 3 aromatic rings. The van der Waals surface area contributed by atoms with Crippen LogP contribution in [0.15, 0.2) is 53.7 Å². The van der Waals surface area contributed by atoms with Gasteiger partial charge < -0.3 is 14.6 Å². The van der Waals surface area contributed by atoms with Gasteiger partial charge in [-0.15, -0.1) is 10.2 Å². The van der Waals surface area contributed by atoms with Crippen LogP contribution in [0.5, 0.6) is 5.75 Å². The van der Waals surface area contributed by atoms with E-state index in [1.165, 1.54) is 23.9 Å². The maximum absolute atomic E-state index is 13.0. The van der Waals surface area contributed by atoms with Crippen molar-refractivity contribution in [1.82, 2.24) is 14.8 Å². The lowest BCUT2D eigenvalue weighted by Gasteiger charge is -2.06. The van der Waals surface area contributed by atoms with E-state index in [-0.39, 0.29) is 17.5 Å². The standard InChI is InChI=1S/C19H19FN4O2S/c1-24-17(11-13-3-5-14(20)6-4-13)22-23-19(24)27-12-18(25)21-15-7-9-16(26-2)10-8-15/h3-10H,11-12H2,1-2H3,(H,21,25). The number of amides is 1. The Kier molecular flexibility index (Phi) is 6.08. The molecule has 0 aliphatic rings. The van der Waals surface area contributed by atoms with Crippen molar-refractivity contribution in [2.24, 2.45) is 7.05 Å². The minimum atomic E-state index is -0.268. The van der Waals surface area contributed by atoms with Crippen LogP contribution in [0.1, 0.15) is 11.4 Å². The number of ether oxygens (including phenoxy) is 1. The summed E-state index contributed by atoms with van der Waals surface area (Å²) in [6.45, 7) is 0. The lowest BCUT2D eigenvalue weighted by Crippen LogP contribution is -2.14. The third kappa shape index (κ3) is 5.07. The molecule has 0 bridgehead atoms. The average Bonchev–Trinajstić information content (AvgIpc) is 3.02. The number of rotatable bonds is 7. The second kappa shape index (κ2) is 8.68. The number of methoxy groups -OCH3 is 1. The molecule has 1 amide bonds. The van der Waals surface area contributed by atoms with Crippen LogP contribution in [0.4, 0.5) is 10.1 Å². The number of nitrogens with zero attached hydrogens (tertiary/aromatic N) is 3. The van der Waals surface area contributed by atoms with Crippen molar-refractivity contribution in [3.8, 4) is 5.75 Å². The summed E-state index contributed by atoms with van der Waals surface area (Å²) in [4.78, 5) is 12.1. The lowest BCUT2D eigenvalue weighted by molar-refractivity contribution is -0.113. The molecule has 0 radical (unpaired) electrons. The zero-order valence-electron chi connectivity index (χ0n) is 15.0. The molecule has 8 heteroatoms. The number of anilines is 1. The van der Waals surface area contributed by atoms with Crippen LogP contribution < -0.4 is 10.1 Å². The molecule has 0 saturated heterocycles. The number of carbonyl (C=O) groups is 1. The van der Waals surface area contributed by atoms with Gasteiger partial charge in [0.25, 0.3) is 0 Å². The highest BCUT2D eigenvalue weighted by Crippen LogP contribution is 2.19. The molecule has 3 rings (SSSR count). The van der Waals surface area contributed by atoms with E-state index in [9.17, 15) is 9.18 Å². The number of thioether (sulfide) groups is 1. The van der Waals surface area contributed by atoms with E-state index in [0.29, 0.717) is 17.3 Å². The first-order chi connectivity index (χ1) is 13.0. The maximum Gasteiger partial charge on any atom is 0.234 e. The number of hydrogen-bond acceptors (Lipinski definition) is 5. The van der Waals surface area contributed by atoms with E-state index >= 15 is 0 Å². The van der Waals surface area contributed by atoms with Crippen LogP contribution in [-0.4, -0.2) is 33.5 Å². The summed E-state index contributed by atoms with van der Waals surface area (Å²) in [5.41, 5.74) is 1.65. The van der Waals surface area contributed by atoms with Crippen molar-refractivity contribution < 1.29 is 13.9 Å². The van der Waals surface area contributed by atoms with Crippen LogP contribution in [0.25, 0.3) is 0 Å². The Bertz CT molecular complexity index is 910. The minimum absolute atomic E-state index is 0.131. The zero-order valence-corrected chi connectivity index (χ0v) is 15.8. The first-order valence-corrected chi connectivity index (χ1v) is 9.23. The molecule has 0 saturated carbocycles. The minimum Gasteiger partial charge on any atom is -0.497 e. The van der Waals surface area contributed by atoms with Crippen molar-refractivity contribution in [1.29, 1.82) is 0 Å². The molecule has 1 aromatic heterocycles. The Morgan fingerprint density at radius 2 is 1.85 bits per heavy atom. The van der Waals surface area contributed by atoms with Crippen LogP contribution in [0, 0.1) is 5.82 Å². The van der Waals surface area contributed by atoms with Crippen LogP contribution in [0.2, 0.25) is 0 Å². The fraction of sp³-hybridized carbons (Fsp3) is 0.211. The molecule has 0 atom stereocenters. The Morgan fingerprint density at radius 3 is 2.52 bits per heavy atom. The van der Waals surface area contributed by atoms with E-state index in [2.05, 4.69) is 15.5 Å². The largest absolute Gasteiger partial charge is 0.497 e. The van der Waals surface area contributed by atoms with Gasteiger partial charge in [-0.3, -0.25) is 4.79 Å². The molecule has 0 unspecified atom stereocenters. The molecule has 27 heavy (non-hydrogen) atoms. The normalized spacial score (nSPS) is 10.6. The molecule has 0 aliphatic carbocycles. The number of aromatic nitrogens is 3. The number of carbonyl (C=O) groups excluding carboxylic acids is 1. The summed E-state index contributed by atoms with van der Waals surface area (Å²) in [5, 5.41) is 11.8. The van der Waals surface area contributed by atoms with Crippen molar-refractivity contribution in [2.45, 2.75) is 11.6 Å². The summed E-state index contributed by atoms with van der Waals surface area (Å²) in [6.07, 6.45) is 0.544. The predicted molar refractivity (Wildman–Crippen MR) is 103 cm³/mol. The molecule has 0 spiro atoms. The van der Waals surface area contributed by atoms with Gasteiger partial charge in [0.05, 0.1) is 12.9 Å². The van der Waals surface area contributed by atoms with Gasteiger partial charge in [-0.1, -0.05) is 23.9 Å². The van der Waals surface area contributed by atoms with E-state index in [1.807, 2.05) is 11.6 Å². The summed E-state index contributed by atoms with van der Waals surface area (Å²) in [7, 11) is 3.44. The highest BCUT2D eigenvalue weighted by atomic mass is 32.2. The highest BCUT2D eigenvalue weighted by Gasteiger charge is 2.12. The molecule has 0 aliphatic heterocycles. The quantitative estimate of drug-likeness (QED) is 0.631. The van der Waals surface area contributed by atoms with Gasteiger partial charge in [-0.2, -0.15) is 0 Å². The van der Waals surface area contributed by atoms with Crippen molar-refractivity contribution >= 4 is 23.4 Å².